The number of amides is 4. The molecule has 0 aromatic heterocycles. The van der Waals surface area contributed by atoms with Gasteiger partial charge in [-0.05, 0) is 72.0 Å². The standard InChI is InChI=1S/C36H30N2O6/c1-43-22-12-8-20(9-13-22)37-33(39)27-18-26(19-6-4-3-5-7-19)28-24-16-17-25(29(28)32(27)36(37)42)31-30(24)34(40)38(35(31)41)21-10-14-23(44-2)15-11-21/h3-17,24-25,27,29-32H,18H2,1-2H3/t24-,25-,27-,29-,30-,31+,32-/m1/s1. The van der Waals surface area contributed by atoms with Gasteiger partial charge < -0.3 is 9.47 Å². The van der Waals surface area contributed by atoms with Crippen molar-refractivity contribution in [3.8, 4) is 11.5 Å². The van der Waals surface area contributed by atoms with E-state index in [4.69, 9.17) is 9.47 Å². The molecule has 2 bridgehead atoms. The van der Waals surface area contributed by atoms with Crippen molar-refractivity contribution in [3.63, 3.8) is 0 Å². The minimum Gasteiger partial charge on any atom is -0.497 e. The third kappa shape index (κ3) is 3.57. The molecule has 6 aliphatic rings. The van der Waals surface area contributed by atoms with E-state index in [1.165, 1.54) is 9.80 Å². The summed E-state index contributed by atoms with van der Waals surface area (Å²) in [5.74, 6) is -3.15. The van der Waals surface area contributed by atoms with E-state index in [2.05, 4.69) is 6.08 Å². The number of hydrogen-bond acceptors (Lipinski definition) is 6. The molecule has 0 radical (unpaired) electrons. The average molecular weight is 587 g/mol. The molecule has 1 saturated carbocycles. The number of methoxy groups -OCH3 is 2. The second-order valence-electron chi connectivity index (χ2n) is 12.1. The van der Waals surface area contributed by atoms with Crippen LogP contribution in [-0.4, -0.2) is 37.8 Å². The fourth-order valence-corrected chi connectivity index (χ4v) is 8.49. The molecule has 9 rings (SSSR count). The Bertz CT molecular complexity index is 1780. The van der Waals surface area contributed by atoms with Gasteiger partial charge in [-0.15, -0.1) is 0 Å². The van der Waals surface area contributed by atoms with Crippen LogP contribution in [0.5, 0.6) is 11.5 Å². The van der Waals surface area contributed by atoms with Crippen molar-refractivity contribution in [2.24, 2.45) is 41.4 Å². The quantitative estimate of drug-likeness (QED) is 0.312. The highest BCUT2D eigenvalue weighted by molar-refractivity contribution is 6.24. The number of ether oxygens (including phenoxy) is 2. The summed E-state index contributed by atoms with van der Waals surface area (Å²) in [4.78, 5) is 59.3. The number of carbonyl (C=O) groups excluding carboxylic acids is 4. The molecule has 0 unspecified atom stereocenters. The third-order valence-corrected chi connectivity index (χ3v) is 10.3. The highest BCUT2D eigenvalue weighted by Crippen LogP contribution is 2.63. The lowest BCUT2D eigenvalue weighted by molar-refractivity contribution is -0.129. The minimum absolute atomic E-state index is 0.223. The van der Waals surface area contributed by atoms with Crippen LogP contribution in [0.4, 0.5) is 11.4 Å². The first-order chi connectivity index (χ1) is 21.4. The van der Waals surface area contributed by atoms with Crippen molar-refractivity contribution in [1.29, 1.82) is 0 Å². The first-order valence-electron chi connectivity index (χ1n) is 14.9. The fourth-order valence-electron chi connectivity index (χ4n) is 8.49. The van der Waals surface area contributed by atoms with Gasteiger partial charge in [0.15, 0.2) is 0 Å². The van der Waals surface area contributed by atoms with Crippen molar-refractivity contribution in [2.75, 3.05) is 24.0 Å². The Kier molecular flexibility index (Phi) is 5.92. The second kappa shape index (κ2) is 9.77. The van der Waals surface area contributed by atoms with Crippen molar-refractivity contribution >= 4 is 40.6 Å². The Hall–Kier alpha value is -4.98. The third-order valence-electron chi connectivity index (χ3n) is 10.3. The van der Waals surface area contributed by atoms with Gasteiger partial charge in [0.25, 0.3) is 0 Å². The zero-order valence-electron chi connectivity index (χ0n) is 24.3. The van der Waals surface area contributed by atoms with Crippen LogP contribution < -0.4 is 19.3 Å². The Labute approximate surface area is 254 Å². The van der Waals surface area contributed by atoms with Gasteiger partial charge in [0.1, 0.15) is 11.5 Å². The number of fused-ring (bicyclic) bond motifs is 1. The summed E-state index contributed by atoms with van der Waals surface area (Å²) in [5, 5.41) is 0. The van der Waals surface area contributed by atoms with Gasteiger partial charge in [-0.1, -0.05) is 48.1 Å². The lowest BCUT2D eigenvalue weighted by Gasteiger charge is -2.51. The molecule has 4 amide bonds. The normalized spacial score (nSPS) is 30.1. The van der Waals surface area contributed by atoms with E-state index in [1.54, 1.807) is 62.8 Å². The van der Waals surface area contributed by atoms with Gasteiger partial charge >= 0.3 is 0 Å². The summed E-state index contributed by atoms with van der Waals surface area (Å²) in [7, 11) is 3.13. The maximum Gasteiger partial charge on any atom is 0.238 e. The summed E-state index contributed by atoms with van der Waals surface area (Å²) in [6.45, 7) is 0. The monoisotopic (exact) mass is 586 g/mol. The molecule has 3 aromatic carbocycles. The molecule has 220 valence electrons. The maximum absolute atomic E-state index is 14.3. The number of carbonyl (C=O) groups is 4. The van der Waals surface area contributed by atoms with E-state index in [9.17, 15) is 19.2 Å². The zero-order chi connectivity index (χ0) is 30.3. The molecule has 0 spiro atoms. The number of hydrogen-bond donors (Lipinski definition) is 0. The summed E-state index contributed by atoms with van der Waals surface area (Å²) < 4.78 is 10.6. The van der Waals surface area contributed by atoms with E-state index < -0.39 is 29.6 Å². The number of benzene rings is 3. The lowest BCUT2D eigenvalue weighted by atomic mass is 9.49. The Morgan fingerprint density at radius 3 is 1.73 bits per heavy atom. The zero-order valence-corrected chi connectivity index (χ0v) is 24.3. The molecule has 2 aliphatic heterocycles. The van der Waals surface area contributed by atoms with Crippen molar-refractivity contribution in [3.05, 3.63) is 102 Å². The molecule has 0 N–H and O–H groups in total. The van der Waals surface area contributed by atoms with Gasteiger partial charge in [0.2, 0.25) is 23.6 Å². The Balaban J connectivity index is 1.25. The van der Waals surface area contributed by atoms with Gasteiger partial charge in [-0.2, -0.15) is 0 Å². The first-order valence-corrected chi connectivity index (χ1v) is 14.9. The molecule has 7 atom stereocenters. The molecular formula is C36H30N2O6. The van der Waals surface area contributed by atoms with E-state index in [0.29, 0.717) is 29.3 Å². The number of anilines is 2. The van der Waals surface area contributed by atoms with E-state index in [1.807, 2.05) is 36.4 Å². The Morgan fingerprint density at radius 1 is 0.591 bits per heavy atom. The van der Waals surface area contributed by atoms with Gasteiger partial charge in [0, 0.05) is 11.8 Å². The van der Waals surface area contributed by atoms with Crippen LogP contribution in [0.25, 0.3) is 5.57 Å². The van der Waals surface area contributed by atoms with Crippen LogP contribution in [0.1, 0.15) is 12.0 Å². The number of nitrogens with zero attached hydrogens (tertiary/aromatic N) is 2. The van der Waals surface area contributed by atoms with Gasteiger partial charge in [-0.25, -0.2) is 0 Å². The minimum atomic E-state index is -0.622. The van der Waals surface area contributed by atoms with Crippen LogP contribution in [0.3, 0.4) is 0 Å². The van der Waals surface area contributed by atoms with Crippen molar-refractivity contribution in [1.82, 2.24) is 0 Å². The molecule has 2 heterocycles. The molecule has 8 nitrogen and oxygen atoms in total. The number of imide groups is 2. The molecule has 4 aliphatic carbocycles. The van der Waals surface area contributed by atoms with E-state index >= 15 is 0 Å². The maximum atomic E-state index is 14.3. The van der Waals surface area contributed by atoms with Crippen LogP contribution in [0, 0.1) is 41.4 Å². The van der Waals surface area contributed by atoms with Crippen LogP contribution >= 0.6 is 0 Å². The summed E-state index contributed by atoms with van der Waals surface area (Å²) in [6, 6.07) is 23.8. The predicted molar refractivity (Wildman–Crippen MR) is 163 cm³/mol. The largest absolute Gasteiger partial charge is 0.497 e. The molecule has 8 heteroatoms. The Morgan fingerprint density at radius 2 is 1.14 bits per heavy atom. The van der Waals surface area contributed by atoms with Gasteiger partial charge in [-0.3, -0.25) is 29.0 Å². The highest BCUT2D eigenvalue weighted by atomic mass is 16.5. The number of allylic oxidation sites excluding steroid dienone is 4. The van der Waals surface area contributed by atoms with E-state index in [0.717, 1.165) is 16.7 Å². The van der Waals surface area contributed by atoms with Crippen molar-refractivity contribution < 1.29 is 28.7 Å². The van der Waals surface area contributed by atoms with E-state index in [-0.39, 0.29) is 35.5 Å². The van der Waals surface area contributed by atoms with Crippen molar-refractivity contribution in [2.45, 2.75) is 6.42 Å². The smallest absolute Gasteiger partial charge is 0.238 e. The summed E-state index contributed by atoms with van der Waals surface area (Å²) >= 11 is 0. The summed E-state index contributed by atoms with van der Waals surface area (Å²) in [6.07, 6.45) is 4.49. The van der Waals surface area contributed by atoms with Crippen LogP contribution in [0.2, 0.25) is 0 Å². The first kappa shape index (κ1) is 26.6. The predicted octanol–water partition coefficient (Wildman–Crippen LogP) is 4.90. The van der Waals surface area contributed by atoms with Crippen LogP contribution in [0.15, 0.2) is 96.6 Å². The topological polar surface area (TPSA) is 93.2 Å². The fraction of sp³-hybridized carbons (Fsp3) is 0.278. The molecular weight excluding hydrogens is 556 g/mol. The summed E-state index contributed by atoms with van der Waals surface area (Å²) in [5.41, 5.74) is 4.03. The SMILES string of the molecule is COc1ccc(N2C(=O)[C@H]3[C@@H]4C=C[C@H](C5=C(c6ccccc6)C[C@H]6C(=O)N(c7ccc(OC)cc7)C(=O)[C@H]6[C@@H]54)[C@H]3C2=O)cc1. The lowest BCUT2D eigenvalue weighted by Crippen LogP contribution is -2.51. The van der Waals surface area contributed by atoms with Gasteiger partial charge in [0.05, 0.1) is 49.3 Å². The molecule has 44 heavy (non-hydrogen) atoms. The average Bonchev–Trinajstić information content (AvgIpc) is 3.50. The number of rotatable bonds is 5. The molecule has 3 aromatic rings. The highest BCUT2D eigenvalue weighted by Gasteiger charge is 2.67. The second-order valence-corrected chi connectivity index (χ2v) is 12.1. The molecule has 2 saturated heterocycles. The van der Waals surface area contributed by atoms with Crippen LogP contribution in [-0.2, 0) is 19.2 Å². The molecule has 3 fully saturated rings.